The van der Waals surface area contributed by atoms with E-state index in [4.69, 9.17) is 5.73 Å². The molecule has 104 valence electrons. The van der Waals surface area contributed by atoms with Crippen molar-refractivity contribution in [3.63, 3.8) is 0 Å². The van der Waals surface area contributed by atoms with Crippen LogP contribution in [0.2, 0.25) is 0 Å². The first-order valence-electron chi connectivity index (χ1n) is 6.71. The molecular weight excluding hydrogens is 272 g/mol. The van der Waals surface area contributed by atoms with Crippen LogP contribution in [0.15, 0.2) is 28.4 Å². The number of piperidine rings is 1. The van der Waals surface area contributed by atoms with Crippen molar-refractivity contribution in [2.75, 3.05) is 18.8 Å². The smallest absolute Gasteiger partial charge is 0.286 e. The van der Waals surface area contributed by atoms with Crippen LogP contribution in [0.25, 0.3) is 6.08 Å². The highest BCUT2D eigenvalue weighted by Gasteiger charge is 2.26. The van der Waals surface area contributed by atoms with Crippen LogP contribution in [0, 0.1) is 0 Å². The molecule has 2 aliphatic heterocycles. The fourth-order valence-electron chi connectivity index (χ4n) is 2.30. The Morgan fingerprint density at radius 3 is 2.85 bits per heavy atom. The van der Waals surface area contributed by atoms with Crippen molar-refractivity contribution >= 4 is 34.6 Å². The summed E-state index contributed by atoms with van der Waals surface area (Å²) in [6.45, 7) is 1.98. The zero-order chi connectivity index (χ0) is 13.9. The number of amidine groups is 1. The lowest BCUT2D eigenvalue weighted by Crippen LogP contribution is -2.33. The summed E-state index contributed by atoms with van der Waals surface area (Å²) in [7, 11) is 0. The maximum absolute atomic E-state index is 12.0. The predicted octanol–water partition coefficient (Wildman–Crippen LogP) is 2.12. The van der Waals surface area contributed by atoms with Gasteiger partial charge in [-0.3, -0.25) is 9.78 Å². The third kappa shape index (κ3) is 2.70. The molecule has 6 heteroatoms. The molecule has 0 atom stereocenters. The first kappa shape index (κ1) is 13.2. The van der Waals surface area contributed by atoms with Gasteiger partial charge in [-0.25, -0.2) is 0 Å². The standard InChI is InChI=1S/C14H16N4OS/c15-11-4-5-16-9-10(11)8-12-13(19)17-14(20-12)18-6-2-1-3-7-18/h4-5,8-9H,1-3,6-7H2,(H2,15,16)/b12-8-. The zero-order valence-corrected chi connectivity index (χ0v) is 11.9. The van der Waals surface area contributed by atoms with Crippen LogP contribution in [0.5, 0.6) is 0 Å². The van der Waals surface area contributed by atoms with Gasteiger partial charge in [0, 0.05) is 36.7 Å². The van der Waals surface area contributed by atoms with Gasteiger partial charge in [0.1, 0.15) is 0 Å². The summed E-state index contributed by atoms with van der Waals surface area (Å²) in [5, 5.41) is 0.823. The molecule has 3 heterocycles. The molecule has 0 unspecified atom stereocenters. The van der Waals surface area contributed by atoms with E-state index in [2.05, 4.69) is 14.9 Å². The molecule has 1 amide bonds. The van der Waals surface area contributed by atoms with Crippen LogP contribution in [-0.4, -0.2) is 34.0 Å². The number of nitrogen functional groups attached to an aromatic ring is 1. The van der Waals surface area contributed by atoms with Crippen LogP contribution in [0.1, 0.15) is 24.8 Å². The minimum absolute atomic E-state index is 0.182. The number of likely N-dealkylation sites (tertiary alicyclic amines) is 1. The number of hydrogen-bond acceptors (Lipinski definition) is 5. The van der Waals surface area contributed by atoms with Crippen LogP contribution in [-0.2, 0) is 4.79 Å². The number of rotatable bonds is 1. The molecule has 0 radical (unpaired) electrons. The first-order chi connectivity index (χ1) is 9.74. The Morgan fingerprint density at radius 1 is 1.30 bits per heavy atom. The number of aromatic nitrogens is 1. The molecule has 1 aromatic heterocycles. The predicted molar refractivity (Wildman–Crippen MR) is 82.1 cm³/mol. The number of aliphatic imine (C=N–C) groups is 1. The van der Waals surface area contributed by atoms with E-state index in [1.807, 2.05) is 0 Å². The SMILES string of the molecule is Nc1ccncc1/C=C1\SC(N2CCCCC2)=NC1=O. The monoisotopic (exact) mass is 288 g/mol. The molecule has 20 heavy (non-hydrogen) atoms. The molecule has 1 saturated heterocycles. The van der Waals surface area contributed by atoms with Gasteiger partial charge in [0.05, 0.1) is 4.91 Å². The molecule has 2 N–H and O–H groups in total. The second-order valence-electron chi connectivity index (χ2n) is 4.86. The zero-order valence-electron chi connectivity index (χ0n) is 11.1. The number of carbonyl (C=O) groups excluding carboxylic acids is 1. The number of nitrogens with zero attached hydrogens (tertiary/aromatic N) is 3. The average molecular weight is 288 g/mol. The van der Waals surface area contributed by atoms with Crippen LogP contribution >= 0.6 is 11.8 Å². The van der Waals surface area contributed by atoms with Crippen LogP contribution in [0.3, 0.4) is 0 Å². The lowest BCUT2D eigenvalue weighted by Gasteiger charge is -2.27. The summed E-state index contributed by atoms with van der Waals surface area (Å²) in [6, 6.07) is 1.73. The van der Waals surface area contributed by atoms with Gasteiger partial charge in [-0.2, -0.15) is 4.99 Å². The fourth-order valence-corrected chi connectivity index (χ4v) is 3.25. The fraction of sp³-hybridized carbons (Fsp3) is 0.357. The molecule has 3 rings (SSSR count). The second kappa shape index (κ2) is 5.66. The summed E-state index contributed by atoms with van der Waals surface area (Å²) in [5.41, 5.74) is 7.25. The number of pyridine rings is 1. The van der Waals surface area contributed by atoms with Gasteiger partial charge >= 0.3 is 0 Å². The largest absolute Gasteiger partial charge is 0.398 e. The Bertz CT molecular complexity index is 591. The minimum Gasteiger partial charge on any atom is -0.398 e. The molecule has 1 fully saturated rings. The molecule has 0 saturated carbocycles. The van der Waals surface area contributed by atoms with E-state index in [9.17, 15) is 4.79 Å². The van der Waals surface area contributed by atoms with Crippen molar-refractivity contribution in [3.8, 4) is 0 Å². The van der Waals surface area contributed by atoms with Crippen molar-refractivity contribution in [2.45, 2.75) is 19.3 Å². The van der Waals surface area contributed by atoms with Gasteiger partial charge in [0.25, 0.3) is 5.91 Å². The highest BCUT2D eigenvalue weighted by Crippen LogP contribution is 2.32. The van der Waals surface area contributed by atoms with Crippen molar-refractivity contribution in [1.82, 2.24) is 9.88 Å². The molecule has 5 nitrogen and oxygen atoms in total. The van der Waals surface area contributed by atoms with Crippen LogP contribution < -0.4 is 5.73 Å². The normalized spacial score (nSPS) is 21.4. The molecule has 0 aromatic carbocycles. The number of carbonyl (C=O) groups is 1. The maximum atomic E-state index is 12.0. The molecule has 0 bridgehead atoms. The van der Waals surface area contributed by atoms with Gasteiger partial charge < -0.3 is 10.6 Å². The topological polar surface area (TPSA) is 71.6 Å². The summed E-state index contributed by atoms with van der Waals surface area (Å²) >= 11 is 1.43. The number of nitrogens with two attached hydrogens (primary N) is 1. The lowest BCUT2D eigenvalue weighted by atomic mass is 10.1. The molecule has 1 aromatic rings. The lowest BCUT2D eigenvalue weighted by molar-refractivity contribution is -0.113. The first-order valence-corrected chi connectivity index (χ1v) is 7.53. The van der Waals surface area contributed by atoms with Crippen LogP contribution in [0.4, 0.5) is 5.69 Å². The molecular formula is C14H16N4OS. The van der Waals surface area contributed by atoms with Crippen molar-refractivity contribution in [2.24, 2.45) is 4.99 Å². The molecule has 2 aliphatic rings. The van der Waals surface area contributed by atoms with E-state index in [0.717, 1.165) is 23.8 Å². The van der Waals surface area contributed by atoms with Crippen molar-refractivity contribution in [1.29, 1.82) is 0 Å². The highest BCUT2D eigenvalue weighted by molar-refractivity contribution is 8.18. The number of hydrogen-bond donors (Lipinski definition) is 1. The van der Waals surface area contributed by atoms with Gasteiger partial charge in [-0.15, -0.1) is 0 Å². The Morgan fingerprint density at radius 2 is 2.10 bits per heavy atom. The Kier molecular flexibility index (Phi) is 3.73. The summed E-state index contributed by atoms with van der Waals surface area (Å²) < 4.78 is 0. The quantitative estimate of drug-likeness (QED) is 0.801. The second-order valence-corrected chi connectivity index (χ2v) is 5.87. The van der Waals surface area contributed by atoms with E-state index in [0.29, 0.717) is 10.6 Å². The van der Waals surface area contributed by atoms with E-state index >= 15 is 0 Å². The van der Waals surface area contributed by atoms with Gasteiger partial charge in [0.15, 0.2) is 5.17 Å². The Labute approximate surface area is 122 Å². The summed E-state index contributed by atoms with van der Waals surface area (Å²) in [6.07, 6.45) is 8.67. The van der Waals surface area contributed by atoms with E-state index in [1.54, 1.807) is 24.5 Å². The Balaban J connectivity index is 1.78. The third-order valence-corrected chi connectivity index (χ3v) is 4.45. The minimum atomic E-state index is -0.182. The Hall–Kier alpha value is -1.82. The number of thioether (sulfide) groups is 1. The van der Waals surface area contributed by atoms with E-state index in [1.165, 1.54) is 31.0 Å². The number of anilines is 1. The summed E-state index contributed by atoms with van der Waals surface area (Å²) in [5.74, 6) is -0.182. The maximum Gasteiger partial charge on any atom is 0.286 e. The van der Waals surface area contributed by atoms with Gasteiger partial charge in [-0.1, -0.05) is 0 Å². The third-order valence-electron chi connectivity index (χ3n) is 3.41. The summed E-state index contributed by atoms with van der Waals surface area (Å²) in [4.78, 5) is 23.0. The average Bonchev–Trinajstić information content (AvgIpc) is 2.84. The highest BCUT2D eigenvalue weighted by atomic mass is 32.2. The van der Waals surface area contributed by atoms with Crippen molar-refractivity contribution < 1.29 is 4.79 Å². The molecule has 0 aliphatic carbocycles. The van der Waals surface area contributed by atoms with E-state index < -0.39 is 0 Å². The molecule has 0 spiro atoms. The van der Waals surface area contributed by atoms with Gasteiger partial charge in [-0.05, 0) is 43.2 Å². The number of amides is 1. The van der Waals surface area contributed by atoms with Gasteiger partial charge in [0.2, 0.25) is 0 Å². The van der Waals surface area contributed by atoms with Crippen molar-refractivity contribution in [3.05, 3.63) is 28.9 Å². The van der Waals surface area contributed by atoms with E-state index in [-0.39, 0.29) is 5.91 Å².